The average Bonchev–Trinajstić information content (AvgIpc) is 2.47. The standard InChI is InChI=1S/C12H13BrFN3O3/c1-2-20-16-10(7-13)12(19)17(15)11(18)8-3-5-9(14)6-4-8/h3-7,16H,2,15H2,1H3. The van der Waals surface area contributed by atoms with Crippen molar-refractivity contribution in [2.45, 2.75) is 6.92 Å². The normalized spacial score (nSPS) is 11.1. The average molecular weight is 346 g/mol. The van der Waals surface area contributed by atoms with E-state index < -0.39 is 17.6 Å². The van der Waals surface area contributed by atoms with Gasteiger partial charge in [-0.1, -0.05) is 15.9 Å². The number of hydrogen-bond acceptors (Lipinski definition) is 5. The van der Waals surface area contributed by atoms with Gasteiger partial charge in [-0.3, -0.25) is 19.9 Å². The minimum absolute atomic E-state index is 0.0511. The Morgan fingerprint density at radius 1 is 1.45 bits per heavy atom. The number of hydrazine groups is 1. The molecular formula is C12H13BrFN3O3. The molecule has 0 atom stereocenters. The highest BCUT2D eigenvalue weighted by Gasteiger charge is 2.23. The number of benzene rings is 1. The Hall–Kier alpha value is -1.77. The number of carbonyl (C=O) groups is 2. The molecule has 0 saturated heterocycles. The van der Waals surface area contributed by atoms with E-state index in [-0.39, 0.29) is 11.3 Å². The first-order chi connectivity index (χ1) is 9.51. The highest BCUT2D eigenvalue weighted by atomic mass is 79.9. The lowest BCUT2D eigenvalue weighted by atomic mass is 10.2. The van der Waals surface area contributed by atoms with Gasteiger partial charge < -0.3 is 0 Å². The molecular weight excluding hydrogens is 333 g/mol. The van der Waals surface area contributed by atoms with Crippen molar-refractivity contribution in [2.75, 3.05) is 6.61 Å². The number of carbonyl (C=O) groups excluding carboxylic acids is 2. The maximum atomic E-state index is 12.8. The predicted octanol–water partition coefficient (Wildman–Crippen LogP) is 1.45. The maximum absolute atomic E-state index is 12.8. The molecule has 8 heteroatoms. The maximum Gasteiger partial charge on any atom is 0.294 e. The summed E-state index contributed by atoms with van der Waals surface area (Å²) in [6, 6.07) is 4.67. The summed E-state index contributed by atoms with van der Waals surface area (Å²) in [7, 11) is 0. The number of hydrogen-bond donors (Lipinski definition) is 2. The van der Waals surface area contributed by atoms with Gasteiger partial charge in [0.2, 0.25) is 0 Å². The summed E-state index contributed by atoms with van der Waals surface area (Å²) < 4.78 is 12.8. The van der Waals surface area contributed by atoms with Crippen LogP contribution in [0.15, 0.2) is 34.9 Å². The van der Waals surface area contributed by atoms with E-state index in [0.29, 0.717) is 11.6 Å². The molecule has 6 nitrogen and oxygen atoms in total. The van der Waals surface area contributed by atoms with Gasteiger partial charge in [0.05, 0.1) is 6.61 Å². The summed E-state index contributed by atoms with van der Waals surface area (Å²) in [5, 5.41) is 0.409. The molecule has 108 valence electrons. The van der Waals surface area contributed by atoms with Gasteiger partial charge >= 0.3 is 0 Å². The molecule has 0 bridgehead atoms. The van der Waals surface area contributed by atoms with Crippen LogP contribution < -0.4 is 11.3 Å². The van der Waals surface area contributed by atoms with E-state index in [1.54, 1.807) is 6.92 Å². The quantitative estimate of drug-likeness (QED) is 0.365. The first-order valence-corrected chi connectivity index (χ1v) is 6.50. The van der Waals surface area contributed by atoms with Gasteiger partial charge in [-0.15, -0.1) is 0 Å². The zero-order valence-electron chi connectivity index (χ0n) is 10.6. The molecule has 0 aromatic heterocycles. The van der Waals surface area contributed by atoms with Crippen molar-refractivity contribution in [3.63, 3.8) is 0 Å². The van der Waals surface area contributed by atoms with Crippen LogP contribution in [0.5, 0.6) is 0 Å². The molecule has 0 heterocycles. The Kier molecular flexibility index (Phi) is 6.29. The molecule has 1 aromatic rings. The molecule has 0 radical (unpaired) electrons. The second-order valence-electron chi connectivity index (χ2n) is 3.55. The Balaban J connectivity index is 2.82. The topological polar surface area (TPSA) is 84.7 Å². The highest BCUT2D eigenvalue weighted by Crippen LogP contribution is 2.07. The zero-order chi connectivity index (χ0) is 15.1. The highest BCUT2D eigenvalue weighted by molar-refractivity contribution is 9.11. The van der Waals surface area contributed by atoms with E-state index in [2.05, 4.69) is 21.4 Å². The molecule has 1 aromatic carbocycles. The molecule has 0 aliphatic carbocycles. The lowest BCUT2D eigenvalue weighted by Crippen LogP contribution is -2.45. The van der Waals surface area contributed by atoms with E-state index in [4.69, 9.17) is 10.7 Å². The monoisotopic (exact) mass is 345 g/mol. The Morgan fingerprint density at radius 2 is 2.05 bits per heavy atom. The number of imide groups is 1. The van der Waals surface area contributed by atoms with E-state index in [9.17, 15) is 14.0 Å². The lowest BCUT2D eigenvalue weighted by molar-refractivity contribution is -0.126. The molecule has 0 spiro atoms. The minimum atomic E-state index is -0.801. The van der Waals surface area contributed by atoms with E-state index in [0.717, 1.165) is 12.1 Å². The molecule has 0 fully saturated rings. The van der Waals surface area contributed by atoms with E-state index >= 15 is 0 Å². The fourth-order valence-electron chi connectivity index (χ4n) is 1.22. The van der Waals surface area contributed by atoms with Gasteiger partial charge in [-0.2, -0.15) is 0 Å². The number of rotatable bonds is 5. The number of nitrogens with two attached hydrogens (primary N) is 1. The first kappa shape index (κ1) is 16.3. The van der Waals surface area contributed by atoms with Crippen LogP contribution in [0, 0.1) is 5.82 Å². The molecule has 0 saturated carbocycles. The van der Waals surface area contributed by atoms with Crippen LogP contribution in [-0.4, -0.2) is 23.4 Å². The van der Waals surface area contributed by atoms with Crippen molar-refractivity contribution in [3.05, 3.63) is 46.3 Å². The molecule has 2 amide bonds. The minimum Gasteiger partial charge on any atom is -0.276 e. The fourth-order valence-corrected chi connectivity index (χ4v) is 1.51. The smallest absolute Gasteiger partial charge is 0.276 e. The van der Waals surface area contributed by atoms with Crippen molar-refractivity contribution < 1.29 is 18.8 Å². The summed E-state index contributed by atoms with van der Waals surface area (Å²) in [5.74, 6) is 3.41. The molecule has 0 unspecified atom stereocenters. The van der Waals surface area contributed by atoms with Gasteiger partial charge in [0, 0.05) is 10.5 Å². The van der Waals surface area contributed by atoms with E-state index in [1.807, 2.05) is 0 Å². The van der Waals surface area contributed by atoms with Gasteiger partial charge in [-0.05, 0) is 31.2 Å². The Morgan fingerprint density at radius 3 is 2.55 bits per heavy atom. The van der Waals surface area contributed by atoms with Gasteiger partial charge in [0.25, 0.3) is 11.8 Å². The molecule has 1 rings (SSSR count). The van der Waals surface area contributed by atoms with Crippen molar-refractivity contribution in [3.8, 4) is 0 Å². The van der Waals surface area contributed by atoms with Crippen LogP contribution in [0.1, 0.15) is 17.3 Å². The second kappa shape index (κ2) is 7.73. The SMILES string of the molecule is CCONC(=CBr)C(=O)N(N)C(=O)c1ccc(F)cc1. The van der Waals surface area contributed by atoms with Crippen LogP contribution in [-0.2, 0) is 9.63 Å². The number of nitrogens with one attached hydrogen (secondary N) is 1. The largest absolute Gasteiger partial charge is 0.294 e. The number of amides is 2. The summed E-state index contributed by atoms with van der Waals surface area (Å²) in [5.41, 5.74) is 2.39. The molecule has 20 heavy (non-hydrogen) atoms. The van der Waals surface area contributed by atoms with Gasteiger partial charge in [0.1, 0.15) is 11.5 Å². The van der Waals surface area contributed by atoms with Crippen molar-refractivity contribution >= 4 is 27.7 Å². The van der Waals surface area contributed by atoms with Crippen LogP contribution in [0.4, 0.5) is 4.39 Å². The Bertz CT molecular complexity index is 519. The number of hydroxylamine groups is 1. The summed E-state index contributed by atoms with van der Waals surface area (Å²) in [4.78, 5) is 30.0. The zero-order valence-corrected chi connectivity index (χ0v) is 12.2. The first-order valence-electron chi connectivity index (χ1n) is 5.58. The Labute approximate surface area is 123 Å². The summed E-state index contributed by atoms with van der Waals surface area (Å²) in [6.45, 7) is 2.03. The number of halogens is 2. The second-order valence-corrected chi connectivity index (χ2v) is 4.00. The van der Waals surface area contributed by atoms with Crippen molar-refractivity contribution in [1.29, 1.82) is 0 Å². The third kappa shape index (κ3) is 4.12. The van der Waals surface area contributed by atoms with Gasteiger partial charge in [0.15, 0.2) is 0 Å². The van der Waals surface area contributed by atoms with E-state index in [1.165, 1.54) is 17.1 Å². The van der Waals surface area contributed by atoms with Crippen LogP contribution in [0.3, 0.4) is 0 Å². The van der Waals surface area contributed by atoms with Crippen LogP contribution >= 0.6 is 15.9 Å². The lowest BCUT2D eigenvalue weighted by Gasteiger charge is -2.17. The van der Waals surface area contributed by atoms with Crippen LogP contribution in [0.2, 0.25) is 0 Å². The third-order valence-corrected chi connectivity index (χ3v) is 2.65. The fraction of sp³-hybridized carbons (Fsp3) is 0.167. The van der Waals surface area contributed by atoms with Gasteiger partial charge in [-0.25, -0.2) is 15.2 Å². The third-order valence-electron chi connectivity index (χ3n) is 2.19. The summed E-state index contributed by atoms with van der Waals surface area (Å²) >= 11 is 2.96. The number of nitrogens with zero attached hydrogens (tertiary/aromatic N) is 1. The van der Waals surface area contributed by atoms with Crippen LogP contribution in [0.25, 0.3) is 0 Å². The molecule has 3 N–H and O–H groups in total. The predicted molar refractivity (Wildman–Crippen MR) is 73.5 cm³/mol. The molecule has 0 aliphatic rings. The molecule has 0 aliphatic heterocycles. The van der Waals surface area contributed by atoms with Crippen molar-refractivity contribution in [1.82, 2.24) is 10.5 Å². The van der Waals surface area contributed by atoms with Crippen molar-refractivity contribution in [2.24, 2.45) is 5.84 Å². The summed E-state index contributed by atoms with van der Waals surface area (Å²) in [6.07, 6.45) is 0.